The molecule has 15 heavy (non-hydrogen) atoms. The van der Waals surface area contributed by atoms with E-state index in [1.165, 1.54) is 0 Å². The van der Waals surface area contributed by atoms with Crippen molar-refractivity contribution in [1.82, 2.24) is 9.78 Å². The van der Waals surface area contributed by atoms with Crippen LogP contribution in [0.15, 0.2) is 30.3 Å². The molecule has 4 heteroatoms. The lowest BCUT2D eigenvalue weighted by Crippen LogP contribution is -2.00. The highest BCUT2D eigenvalue weighted by Crippen LogP contribution is 2.17. The van der Waals surface area contributed by atoms with E-state index < -0.39 is 0 Å². The third kappa shape index (κ3) is 2.24. The van der Waals surface area contributed by atoms with E-state index in [0.29, 0.717) is 0 Å². The van der Waals surface area contributed by atoms with Crippen LogP contribution in [0.25, 0.3) is 5.69 Å². The monoisotopic (exact) mass is 284 g/mol. The molecule has 0 aliphatic carbocycles. The molecule has 0 saturated carbocycles. The van der Waals surface area contributed by atoms with Crippen LogP contribution in [-0.4, -0.2) is 9.78 Å². The zero-order chi connectivity index (χ0) is 10.8. The van der Waals surface area contributed by atoms with Crippen LogP contribution in [0.3, 0.4) is 0 Å². The number of nitrogens with zero attached hydrogens (tertiary/aromatic N) is 2. The van der Waals surface area contributed by atoms with Gasteiger partial charge in [0.25, 0.3) is 0 Å². The van der Waals surface area contributed by atoms with Gasteiger partial charge >= 0.3 is 0 Å². The lowest BCUT2D eigenvalue weighted by molar-refractivity contribution is 0.830. The summed E-state index contributed by atoms with van der Waals surface area (Å²) >= 11 is 9.29. The molecule has 1 heterocycles. The molecular weight excluding hydrogens is 275 g/mol. The van der Waals surface area contributed by atoms with E-state index in [2.05, 4.69) is 27.1 Å². The Bertz CT molecular complexity index is 462. The summed E-state index contributed by atoms with van der Waals surface area (Å²) in [6.45, 7) is 1.98. The quantitative estimate of drug-likeness (QED) is 0.769. The summed E-state index contributed by atoms with van der Waals surface area (Å²) in [4.78, 5) is 0. The van der Waals surface area contributed by atoms with Gasteiger partial charge in [0.15, 0.2) is 0 Å². The van der Waals surface area contributed by atoms with Gasteiger partial charge in [0.05, 0.1) is 17.1 Å². The van der Waals surface area contributed by atoms with Gasteiger partial charge in [0, 0.05) is 10.4 Å². The summed E-state index contributed by atoms with van der Waals surface area (Å²) in [5.74, 6) is 0. The van der Waals surface area contributed by atoms with Crippen molar-refractivity contribution >= 4 is 27.5 Å². The van der Waals surface area contributed by atoms with E-state index in [9.17, 15) is 0 Å². The predicted molar refractivity (Wildman–Crippen MR) is 65.9 cm³/mol. The zero-order valence-corrected chi connectivity index (χ0v) is 10.6. The molecule has 0 aliphatic rings. The van der Waals surface area contributed by atoms with Crippen LogP contribution in [0.5, 0.6) is 0 Å². The fourth-order valence-corrected chi connectivity index (χ4v) is 1.98. The van der Waals surface area contributed by atoms with Gasteiger partial charge in [-0.3, -0.25) is 0 Å². The van der Waals surface area contributed by atoms with E-state index in [1.54, 1.807) is 0 Å². The van der Waals surface area contributed by atoms with E-state index in [1.807, 2.05) is 35.9 Å². The number of hydrogen-bond acceptors (Lipinski definition) is 1. The van der Waals surface area contributed by atoms with Crippen molar-refractivity contribution < 1.29 is 0 Å². The van der Waals surface area contributed by atoms with Gasteiger partial charge in [-0.05, 0) is 37.3 Å². The first-order chi connectivity index (χ1) is 7.20. The number of benzene rings is 1. The van der Waals surface area contributed by atoms with Gasteiger partial charge < -0.3 is 0 Å². The van der Waals surface area contributed by atoms with Crippen LogP contribution in [0.2, 0.25) is 5.02 Å². The van der Waals surface area contributed by atoms with Gasteiger partial charge in [0.1, 0.15) is 0 Å². The second kappa shape index (κ2) is 4.37. The van der Waals surface area contributed by atoms with Gasteiger partial charge in [-0.1, -0.05) is 27.5 Å². The minimum Gasteiger partial charge on any atom is -0.237 e. The highest BCUT2D eigenvalue weighted by molar-refractivity contribution is 9.08. The molecule has 0 unspecified atom stereocenters. The number of aryl methyl sites for hydroxylation is 1. The molecule has 2 aromatic rings. The fourth-order valence-electron chi connectivity index (χ4n) is 1.45. The lowest BCUT2D eigenvalue weighted by atomic mass is 10.3. The maximum absolute atomic E-state index is 5.84. The minimum atomic E-state index is 0.739. The molecule has 0 aliphatic heterocycles. The third-order valence-corrected chi connectivity index (χ3v) is 2.94. The number of hydrogen-bond donors (Lipinski definition) is 0. The molecule has 0 bridgehead atoms. The molecule has 0 atom stereocenters. The Morgan fingerprint density at radius 2 is 2.00 bits per heavy atom. The van der Waals surface area contributed by atoms with Crippen LogP contribution in [0.1, 0.15) is 11.4 Å². The van der Waals surface area contributed by atoms with E-state index in [0.717, 1.165) is 27.4 Å². The SMILES string of the molecule is Cc1cc(CBr)n(-c2ccc(Cl)cc2)n1. The molecule has 0 N–H and O–H groups in total. The van der Waals surface area contributed by atoms with Gasteiger partial charge in [0.2, 0.25) is 0 Å². The van der Waals surface area contributed by atoms with E-state index in [4.69, 9.17) is 11.6 Å². The fraction of sp³-hybridized carbons (Fsp3) is 0.182. The molecule has 2 nitrogen and oxygen atoms in total. The molecule has 0 spiro atoms. The maximum atomic E-state index is 5.84. The maximum Gasteiger partial charge on any atom is 0.0650 e. The average Bonchev–Trinajstić information content (AvgIpc) is 2.61. The second-order valence-electron chi connectivity index (χ2n) is 3.30. The van der Waals surface area contributed by atoms with Crippen LogP contribution in [0.4, 0.5) is 0 Å². The molecule has 0 fully saturated rings. The Balaban J connectivity index is 2.48. The Morgan fingerprint density at radius 1 is 1.33 bits per heavy atom. The highest BCUT2D eigenvalue weighted by Gasteiger charge is 2.05. The summed E-state index contributed by atoms with van der Waals surface area (Å²) < 4.78 is 1.92. The van der Waals surface area contributed by atoms with Crippen LogP contribution in [0, 0.1) is 6.92 Å². The first-order valence-corrected chi connectivity index (χ1v) is 6.08. The molecule has 0 saturated heterocycles. The van der Waals surface area contributed by atoms with Gasteiger partial charge in [-0.15, -0.1) is 0 Å². The van der Waals surface area contributed by atoms with Crippen molar-refractivity contribution in [1.29, 1.82) is 0 Å². The first kappa shape index (κ1) is 10.7. The Labute approximate surface area is 102 Å². The molecule has 0 radical (unpaired) electrons. The molecule has 2 rings (SSSR count). The topological polar surface area (TPSA) is 17.8 Å². The summed E-state index contributed by atoms with van der Waals surface area (Å²) in [7, 11) is 0. The van der Waals surface area contributed by atoms with Crippen molar-refractivity contribution in [3.8, 4) is 5.69 Å². The van der Waals surface area contributed by atoms with Crippen LogP contribution < -0.4 is 0 Å². The van der Waals surface area contributed by atoms with Crippen molar-refractivity contribution in [2.45, 2.75) is 12.3 Å². The number of halogens is 2. The Morgan fingerprint density at radius 3 is 2.60 bits per heavy atom. The van der Waals surface area contributed by atoms with Crippen molar-refractivity contribution in [3.05, 3.63) is 46.7 Å². The molecule has 78 valence electrons. The van der Waals surface area contributed by atoms with Crippen molar-refractivity contribution in [2.24, 2.45) is 0 Å². The summed E-state index contributed by atoms with van der Waals surface area (Å²) in [5.41, 5.74) is 3.18. The Kier molecular flexibility index (Phi) is 3.12. The molecule has 1 aromatic carbocycles. The van der Waals surface area contributed by atoms with Gasteiger partial charge in [-0.25, -0.2) is 4.68 Å². The highest BCUT2D eigenvalue weighted by atomic mass is 79.9. The number of alkyl halides is 1. The second-order valence-corrected chi connectivity index (χ2v) is 4.30. The smallest absolute Gasteiger partial charge is 0.0650 e. The molecule has 0 amide bonds. The summed E-state index contributed by atoms with van der Waals surface area (Å²) in [5, 5.41) is 5.95. The van der Waals surface area contributed by atoms with E-state index >= 15 is 0 Å². The van der Waals surface area contributed by atoms with E-state index in [-0.39, 0.29) is 0 Å². The summed E-state index contributed by atoms with van der Waals surface area (Å²) in [6.07, 6.45) is 0. The zero-order valence-electron chi connectivity index (χ0n) is 8.24. The third-order valence-electron chi connectivity index (χ3n) is 2.11. The van der Waals surface area contributed by atoms with Crippen LogP contribution >= 0.6 is 27.5 Å². The van der Waals surface area contributed by atoms with Gasteiger partial charge in [-0.2, -0.15) is 5.10 Å². The number of rotatable bonds is 2. The molecule has 1 aromatic heterocycles. The standard InChI is InChI=1S/C11H10BrClN2/c1-8-6-11(7-12)15(14-8)10-4-2-9(13)3-5-10/h2-6H,7H2,1H3. The largest absolute Gasteiger partial charge is 0.237 e. The van der Waals surface area contributed by atoms with Crippen molar-refractivity contribution in [3.63, 3.8) is 0 Å². The Hall–Kier alpha value is -0.800. The minimum absolute atomic E-state index is 0.739. The lowest BCUT2D eigenvalue weighted by Gasteiger charge is -2.04. The predicted octanol–water partition coefficient (Wildman–Crippen LogP) is 3.73. The summed E-state index contributed by atoms with van der Waals surface area (Å²) in [6, 6.07) is 9.71. The van der Waals surface area contributed by atoms with Crippen LogP contribution in [-0.2, 0) is 5.33 Å². The molecular formula is C11H10BrClN2. The number of aromatic nitrogens is 2. The van der Waals surface area contributed by atoms with Crippen molar-refractivity contribution in [2.75, 3.05) is 0 Å². The first-order valence-electron chi connectivity index (χ1n) is 4.58. The normalized spacial score (nSPS) is 10.6. The average molecular weight is 286 g/mol.